The molecule has 2 aromatic rings. The summed E-state index contributed by atoms with van der Waals surface area (Å²) in [7, 11) is 0. The average molecular weight is 354 g/mol. The summed E-state index contributed by atoms with van der Waals surface area (Å²) in [5.41, 5.74) is 4.93. The topological polar surface area (TPSA) is 30.2 Å². The van der Waals surface area contributed by atoms with Crippen LogP contribution in [0.25, 0.3) is 0 Å². The van der Waals surface area contributed by atoms with Crippen LogP contribution in [0.15, 0.2) is 42.6 Å². The molecule has 4 heteroatoms. The number of pyridine rings is 1. The smallest absolute Gasteiger partial charge is 0.408 e. The molecule has 0 saturated carbocycles. The van der Waals surface area contributed by atoms with Crippen molar-refractivity contribution in [2.45, 2.75) is 64.1 Å². The fourth-order valence-electron chi connectivity index (χ4n) is 3.62. The van der Waals surface area contributed by atoms with Gasteiger partial charge in [0, 0.05) is 17.8 Å². The molecule has 0 aliphatic carbocycles. The summed E-state index contributed by atoms with van der Waals surface area (Å²) in [5.74, 6) is 5.59. The lowest BCUT2D eigenvalue weighted by molar-refractivity contribution is -0.615. The van der Waals surface area contributed by atoms with Gasteiger partial charge in [0.2, 0.25) is 5.69 Å². The number of hydrogen-bond acceptors (Lipinski definition) is 2. The highest BCUT2D eigenvalue weighted by molar-refractivity contribution is 6.60. The highest BCUT2D eigenvalue weighted by atomic mass is 27.2. The first-order chi connectivity index (χ1) is 11.8. The summed E-state index contributed by atoms with van der Waals surface area (Å²) >= 11 is -1.22. The van der Waals surface area contributed by atoms with Crippen molar-refractivity contribution in [1.29, 1.82) is 0 Å². The van der Waals surface area contributed by atoms with Gasteiger partial charge in [-0.25, -0.2) is 0 Å². The summed E-state index contributed by atoms with van der Waals surface area (Å²) in [6.45, 7) is 11.2. The van der Waals surface area contributed by atoms with E-state index in [9.17, 15) is 5.21 Å². The van der Waals surface area contributed by atoms with Crippen LogP contribution in [-0.4, -0.2) is 14.4 Å². The van der Waals surface area contributed by atoms with E-state index in [4.69, 9.17) is 0 Å². The minimum Gasteiger partial charge on any atom is -0.618 e. The van der Waals surface area contributed by atoms with Crippen LogP contribution in [-0.2, 0) is 0 Å². The Labute approximate surface area is 157 Å². The van der Waals surface area contributed by atoms with Gasteiger partial charge >= 0.3 is 14.4 Å². The van der Waals surface area contributed by atoms with Crippen molar-refractivity contribution in [3.05, 3.63) is 64.6 Å². The Morgan fingerprint density at radius 3 is 1.88 bits per heavy atom. The van der Waals surface area contributed by atoms with Crippen molar-refractivity contribution in [2.75, 3.05) is 3.88 Å². The Morgan fingerprint density at radius 2 is 1.44 bits per heavy atom. The molecule has 1 aromatic carbocycles. The first-order valence-electron chi connectivity index (χ1n) is 9.34. The fourth-order valence-corrected chi connectivity index (χ4v) is 5.48. The summed E-state index contributed by atoms with van der Waals surface area (Å²) in [6.07, 6.45) is 1.60. The van der Waals surface area contributed by atoms with E-state index in [0.29, 0.717) is 11.8 Å². The zero-order valence-corrected chi connectivity index (χ0v) is 17.8. The third-order valence-electron chi connectivity index (χ3n) is 4.86. The zero-order chi connectivity index (χ0) is 18.7. The van der Waals surface area contributed by atoms with Crippen molar-refractivity contribution in [1.82, 2.24) is 0 Å². The zero-order valence-electron chi connectivity index (χ0n) is 16.7. The molecule has 0 amide bonds. The van der Waals surface area contributed by atoms with Crippen LogP contribution in [0.3, 0.4) is 0 Å². The minimum absolute atomic E-state index is 0.0581. The van der Waals surface area contributed by atoms with Gasteiger partial charge in [-0.3, -0.25) is 0 Å². The first-order valence-corrected chi connectivity index (χ1v) is 12.2. The molecular formula is C21H31AlN2O. The van der Waals surface area contributed by atoms with Gasteiger partial charge in [0.1, 0.15) is 0 Å². The molecule has 0 N–H and O–H groups in total. The van der Waals surface area contributed by atoms with Crippen molar-refractivity contribution >= 4 is 20.1 Å². The second kappa shape index (κ2) is 8.25. The molecule has 1 heterocycles. The number of rotatable bonds is 6. The Bertz CT molecular complexity index is 687. The summed E-state index contributed by atoms with van der Waals surface area (Å²) in [6, 6.07) is 12.4. The van der Waals surface area contributed by atoms with E-state index in [1.807, 2.05) is 12.1 Å². The molecule has 0 saturated heterocycles. The van der Waals surface area contributed by atoms with Crippen LogP contribution in [0, 0.1) is 5.21 Å². The quantitative estimate of drug-likeness (QED) is 0.396. The molecule has 134 valence electrons. The second-order valence-electron chi connectivity index (χ2n) is 7.72. The monoisotopic (exact) mass is 354 g/mol. The molecule has 1 atom stereocenters. The first kappa shape index (κ1) is 19.8. The SMILES string of the molecule is CC(C)c1cccc(C(C)C)c1[N](C(C)c1cccc[n+]1[O-])[Al]([CH3])[CH3]. The normalized spacial score (nSPS) is 12.5. The van der Waals surface area contributed by atoms with E-state index in [-0.39, 0.29) is 6.04 Å². The third kappa shape index (κ3) is 4.19. The Kier molecular flexibility index (Phi) is 6.54. The molecule has 0 fully saturated rings. The average Bonchev–Trinajstić information content (AvgIpc) is 2.54. The fraction of sp³-hybridized carbons (Fsp3) is 0.476. The summed E-state index contributed by atoms with van der Waals surface area (Å²) in [4.78, 5) is 0. The van der Waals surface area contributed by atoms with Crippen molar-refractivity contribution < 1.29 is 4.73 Å². The highest BCUT2D eigenvalue weighted by Gasteiger charge is 2.31. The predicted molar refractivity (Wildman–Crippen MR) is 108 cm³/mol. The van der Waals surface area contributed by atoms with Crippen molar-refractivity contribution in [3.63, 3.8) is 0 Å². The van der Waals surface area contributed by atoms with Gasteiger partial charge in [-0.15, -0.1) is 0 Å². The van der Waals surface area contributed by atoms with Crippen LogP contribution >= 0.6 is 0 Å². The molecule has 2 rings (SSSR count). The maximum absolute atomic E-state index is 12.4. The molecular weight excluding hydrogens is 323 g/mol. The van der Waals surface area contributed by atoms with Crippen LogP contribution in [0.2, 0.25) is 11.6 Å². The van der Waals surface area contributed by atoms with E-state index in [2.05, 4.69) is 68.3 Å². The van der Waals surface area contributed by atoms with Crippen molar-refractivity contribution in [2.24, 2.45) is 0 Å². The maximum atomic E-state index is 12.4. The van der Waals surface area contributed by atoms with Crippen LogP contribution in [0.5, 0.6) is 0 Å². The lowest BCUT2D eigenvalue weighted by Crippen LogP contribution is -2.44. The molecule has 1 aromatic heterocycles. The largest absolute Gasteiger partial charge is 0.618 e. The molecule has 3 nitrogen and oxygen atoms in total. The maximum Gasteiger partial charge on any atom is 0.408 e. The number of nitrogens with zero attached hydrogens (tertiary/aromatic N) is 2. The van der Waals surface area contributed by atoms with E-state index in [1.54, 1.807) is 12.3 Å². The van der Waals surface area contributed by atoms with Gasteiger partial charge in [0.15, 0.2) is 6.20 Å². The number of hydrogen-bond donors (Lipinski definition) is 0. The molecule has 0 aliphatic heterocycles. The van der Waals surface area contributed by atoms with E-state index in [0.717, 1.165) is 10.4 Å². The Morgan fingerprint density at radius 1 is 0.880 bits per heavy atom. The standard InChI is InChI=1S/C19H25N2O.2CH3.Al/c1-13(2)16-9-8-10-17(14(3)4)19(16)20-15(5)18-11-6-7-12-21(18)22;;;/h6-15H,1-5H3;2*1H3;/q-1;;;+1. The summed E-state index contributed by atoms with van der Waals surface area (Å²) < 4.78 is 3.57. The number of aromatic nitrogens is 1. The van der Waals surface area contributed by atoms with Gasteiger partial charge < -0.3 is 9.09 Å². The van der Waals surface area contributed by atoms with Crippen LogP contribution < -0.4 is 8.61 Å². The molecule has 25 heavy (non-hydrogen) atoms. The van der Waals surface area contributed by atoms with E-state index < -0.39 is 14.4 Å². The molecule has 0 bridgehead atoms. The Balaban J connectivity index is 2.67. The predicted octanol–water partition coefficient (Wildman–Crippen LogP) is 5.39. The van der Waals surface area contributed by atoms with Gasteiger partial charge in [-0.05, 0) is 36.0 Å². The minimum atomic E-state index is -1.22. The lowest BCUT2D eigenvalue weighted by Gasteiger charge is -2.38. The molecule has 0 spiro atoms. The Hall–Kier alpha value is -1.50. The lowest BCUT2D eigenvalue weighted by atomic mass is 9.92. The van der Waals surface area contributed by atoms with Crippen LogP contribution in [0.4, 0.5) is 5.69 Å². The second-order valence-corrected chi connectivity index (χ2v) is 10.5. The molecule has 1 unspecified atom stereocenters. The number of benzene rings is 1. The van der Waals surface area contributed by atoms with E-state index in [1.165, 1.54) is 16.8 Å². The molecule has 0 aliphatic rings. The van der Waals surface area contributed by atoms with Crippen LogP contribution in [0.1, 0.15) is 69.3 Å². The van der Waals surface area contributed by atoms with Crippen molar-refractivity contribution in [3.8, 4) is 0 Å². The van der Waals surface area contributed by atoms with E-state index >= 15 is 0 Å². The van der Waals surface area contributed by atoms with Gasteiger partial charge in [0.25, 0.3) is 0 Å². The highest BCUT2D eigenvalue weighted by Crippen LogP contribution is 2.39. The third-order valence-corrected chi connectivity index (χ3v) is 6.67. The summed E-state index contributed by atoms with van der Waals surface area (Å²) in [5, 5.41) is 12.4. The number of para-hydroxylation sites is 1. The van der Waals surface area contributed by atoms with Gasteiger partial charge in [-0.2, -0.15) is 4.73 Å². The molecule has 0 radical (unpaired) electrons. The van der Waals surface area contributed by atoms with Gasteiger partial charge in [0.05, 0.1) is 6.04 Å². The van der Waals surface area contributed by atoms with Gasteiger partial charge in [-0.1, -0.05) is 57.5 Å². The number of anilines is 1.